The Morgan fingerprint density at radius 2 is 1.74 bits per heavy atom. The molecule has 2 aromatic carbocycles. The van der Waals surface area contributed by atoms with Crippen LogP contribution < -0.4 is 14.8 Å². The van der Waals surface area contributed by atoms with Crippen LogP contribution in [0.15, 0.2) is 47.4 Å². The van der Waals surface area contributed by atoms with Gasteiger partial charge < -0.3 is 19.5 Å². The Morgan fingerprint density at radius 3 is 2.41 bits per heavy atom. The molecule has 0 aromatic heterocycles. The second-order valence-corrected chi connectivity index (χ2v) is 6.90. The SMILES string of the molecule is COc1ccc(C(=O)OCC(=O)NCCSc2ccc(Cl)cc2)cc1OC. The standard InChI is InChI=1S/C19H20ClNO5S/c1-24-16-8-3-13(11-17(16)25-2)19(23)26-12-18(22)21-9-10-27-15-6-4-14(20)5-7-15/h3-8,11H,9-10,12H2,1-2H3,(H,21,22). The maximum Gasteiger partial charge on any atom is 0.338 e. The van der Waals surface area contributed by atoms with Crippen LogP contribution in [0.4, 0.5) is 0 Å². The van der Waals surface area contributed by atoms with Gasteiger partial charge in [-0.3, -0.25) is 4.79 Å². The zero-order chi connectivity index (χ0) is 19.6. The third kappa shape index (κ3) is 6.69. The molecule has 0 saturated carbocycles. The molecule has 0 saturated heterocycles. The molecule has 144 valence electrons. The quantitative estimate of drug-likeness (QED) is 0.388. The minimum Gasteiger partial charge on any atom is -0.493 e. The molecule has 0 unspecified atom stereocenters. The van der Waals surface area contributed by atoms with Crippen molar-refractivity contribution in [3.8, 4) is 11.5 Å². The Bertz CT molecular complexity index is 782. The Morgan fingerprint density at radius 1 is 1.04 bits per heavy atom. The molecule has 8 heteroatoms. The number of carbonyl (C=O) groups is 2. The average molecular weight is 410 g/mol. The first kappa shape index (κ1) is 20.9. The monoisotopic (exact) mass is 409 g/mol. The van der Waals surface area contributed by atoms with E-state index in [-0.39, 0.29) is 18.1 Å². The number of rotatable bonds is 9. The average Bonchev–Trinajstić information content (AvgIpc) is 2.70. The van der Waals surface area contributed by atoms with E-state index in [1.165, 1.54) is 20.3 Å². The van der Waals surface area contributed by atoms with Crippen molar-refractivity contribution in [2.45, 2.75) is 4.90 Å². The summed E-state index contributed by atoms with van der Waals surface area (Å²) in [6, 6.07) is 12.1. The van der Waals surface area contributed by atoms with Gasteiger partial charge in [-0.25, -0.2) is 4.79 Å². The molecule has 0 aliphatic rings. The van der Waals surface area contributed by atoms with Crippen LogP contribution in [-0.4, -0.2) is 45.0 Å². The van der Waals surface area contributed by atoms with E-state index in [1.807, 2.05) is 24.3 Å². The molecule has 0 spiro atoms. The van der Waals surface area contributed by atoms with Crippen molar-refractivity contribution < 1.29 is 23.8 Å². The lowest BCUT2D eigenvalue weighted by Crippen LogP contribution is -2.30. The summed E-state index contributed by atoms with van der Waals surface area (Å²) >= 11 is 7.42. The van der Waals surface area contributed by atoms with Crippen LogP contribution in [0.3, 0.4) is 0 Å². The largest absolute Gasteiger partial charge is 0.493 e. The number of carbonyl (C=O) groups excluding carboxylic acids is 2. The summed E-state index contributed by atoms with van der Waals surface area (Å²) in [6.45, 7) is 0.110. The zero-order valence-corrected chi connectivity index (χ0v) is 16.6. The second-order valence-electron chi connectivity index (χ2n) is 5.30. The molecule has 1 amide bonds. The lowest BCUT2D eigenvalue weighted by Gasteiger charge is -2.10. The van der Waals surface area contributed by atoms with E-state index < -0.39 is 5.97 Å². The van der Waals surface area contributed by atoms with Gasteiger partial charge in [-0.15, -0.1) is 11.8 Å². The molecular formula is C19H20ClNO5S. The van der Waals surface area contributed by atoms with Gasteiger partial charge in [-0.05, 0) is 42.5 Å². The third-order valence-electron chi connectivity index (χ3n) is 3.46. The number of benzene rings is 2. The summed E-state index contributed by atoms with van der Waals surface area (Å²) in [6.07, 6.45) is 0. The molecule has 0 aliphatic carbocycles. The molecule has 27 heavy (non-hydrogen) atoms. The van der Waals surface area contributed by atoms with Crippen LogP contribution in [0.25, 0.3) is 0 Å². The zero-order valence-electron chi connectivity index (χ0n) is 15.0. The summed E-state index contributed by atoms with van der Waals surface area (Å²) in [7, 11) is 2.98. The smallest absolute Gasteiger partial charge is 0.338 e. The van der Waals surface area contributed by atoms with Gasteiger partial charge in [0.15, 0.2) is 18.1 Å². The number of amides is 1. The number of hydrogen-bond donors (Lipinski definition) is 1. The van der Waals surface area contributed by atoms with Gasteiger partial charge in [-0.2, -0.15) is 0 Å². The Labute approximate surface area is 167 Å². The molecule has 0 aliphatic heterocycles. The topological polar surface area (TPSA) is 73.9 Å². The van der Waals surface area contributed by atoms with Gasteiger partial charge in [0.25, 0.3) is 5.91 Å². The van der Waals surface area contributed by atoms with Crippen LogP contribution >= 0.6 is 23.4 Å². The highest BCUT2D eigenvalue weighted by Crippen LogP contribution is 2.27. The Hall–Kier alpha value is -2.38. The van der Waals surface area contributed by atoms with E-state index in [2.05, 4.69) is 5.32 Å². The molecule has 0 radical (unpaired) electrons. The fourth-order valence-corrected chi connectivity index (χ4v) is 3.01. The van der Waals surface area contributed by atoms with E-state index in [4.69, 9.17) is 25.8 Å². The van der Waals surface area contributed by atoms with Crippen molar-refractivity contribution in [2.24, 2.45) is 0 Å². The molecule has 6 nitrogen and oxygen atoms in total. The summed E-state index contributed by atoms with van der Waals surface area (Å²) in [5.41, 5.74) is 0.277. The van der Waals surface area contributed by atoms with Crippen molar-refractivity contribution in [1.29, 1.82) is 0 Å². The molecule has 0 bridgehead atoms. The summed E-state index contributed by atoms with van der Waals surface area (Å²) in [5.74, 6) is 0.638. The van der Waals surface area contributed by atoms with Crippen molar-refractivity contribution >= 4 is 35.2 Å². The van der Waals surface area contributed by atoms with Crippen molar-refractivity contribution in [3.05, 3.63) is 53.1 Å². The van der Waals surface area contributed by atoms with Gasteiger partial charge in [0.05, 0.1) is 19.8 Å². The molecule has 0 heterocycles. The highest BCUT2D eigenvalue weighted by molar-refractivity contribution is 7.99. The van der Waals surface area contributed by atoms with E-state index in [9.17, 15) is 9.59 Å². The van der Waals surface area contributed by atoms with E-state index in [0.717, 1.165) is 4.90 Å². The van der Waals surface area contributed by atoms with Gasteiger partial charge in [0.2, 0.25) is 0 Å². The van der Waals surface area contributed by atoms with Gasteiger partial charge in [0, 0.05) is 22.2 Å². The predicted octanol–water partition coefficient (Wildman–Crippen LogP) is 3.42. The first-order chi connectivity index (χ1) is 13.0. The van der Waals surface area contributed by atoms with Gasteiger partial charge in [0.1, 0.15) is 0 Å². The predicted molar refractivity (Wildman–Crippen MR) is 105 cm³/mol. The van der Waals surface area contributed by atoms with Gasteiger partial charge in [-0.1, -0.05) is 11.6 Å². The Balaban J connectivity index is 1.71. The summed E-state index contributed by atoms with van der Waals surface area (Å²) in [5, 5.41) is 3.39. The summed E-state index contributed by atoms with van der Waals surface area (Å²) < 4.78 is 15.3. The maximum atomic E-state index is 12.0. The first-order valence-corrected chi connectivity index (χ1v) is 9.44. The van der Waals surface area contributed by atoms with Crippen LogP contribution in [0.5, 0.6) is 11.5 Å². The van der Waals surface area contributed by atoms with Gasteiger partial charge >= 0.3 is 5.97 Å². The van der Waals surface area contributed by atoms with Crippen LogP contribution in [0.2, 0.25) is 5.02 Å². The number of halogens is 1. The second kappa shape index (κ2) is 10.7. The highest BCUT2D eigenvalue weighted by atomic mass is 35.5. The van der Waals surface area contributed by atoms with E-state index >= 15 is 0 Å². The van der Waals surface area contributed by atoms with E-state index in [1.54, 1.807) is 23.9 Å². The molecular weight excluding hydrogens is 390 g/mol. The minimum atomic E-state index is -0.610. The van der Waals surface area contributed by atoms with Crippen molar-refractivity contribution in [2.75, 3.05) is 33.1 Å². The highest BCUT2D eigenvalue weighted by Gasteiger charge is 2.13. The van der Waals surface area contributed by atoms with Crippen molar-refractivity contribution in [1.82, 2.24) is 5.32 Å². The summed E-state index contributed by atoms with van der Waals surface area (Å²) in [4.78, 5) is 24.9. The lowest BCUT2D eigenvalue weighted by molar-refractivity contribution is -0.124. The maximum absolute atomic E-state index is 12.0. The molecule has 2 rings (SSSR count). The number of thioether (sulfide) groups is 1. The van der Waals surface area contributed by atoms with Crippen LogP contribution in [0.1, 0.15) is 10.4 Å². The number of ether oxygens (including phenoxy) is 3. The molecule has 0 atom stereocenters. The Kier molecular flexibility index (Phi) is 8.29. The number of esters is 1. The van der Waals surface area contributed by atoms with Crippen LogP contribution in [-0.2, 0) is 9.53 Å². The third-order valence-corrected chi connectivity index (χ3v) is 4.73. The number of hydrogen-bond acceptors (Lipinski definition) is 6. The van der Waals surface area contributed by atoms with Crippen LogP contribution in [0, 0.1) is 0 Å². The fourth-order valence-electron chi connectivity index (χ4n) is 2.12. The normalized spacial score (nSPS) is 10.2. The van der Waals surface area contributed by atoms with E-state index in [0.29, 0.717) is 28.8 Å². The number of nitrogens with one attached hydrogen (secondary N) is 1. The minimum absolute atomic E-state index is 0.277. The molecule has 1 N–H and O–H groups in total. The first-order valence-electron chi connectivity index (χ1n) is 8.07. The lowest BCUT2D eigenvalue weighted by atomic mass is 10.2. The number of methoxy groups -OCH3 is 2. The van der Waals surface area contributed by atoms with Crippen molar-refractivity contribution in [3.63, 3.8) is 0 Å². The molecule has 0 fully saturated rings. The fraction of sp³-hybridized carbons (Fsp3) is 0.263. The molecule has 2 aromatic rings.